The van der Waals surface area contributed by atoms with Crippen molar-refractivity contribution in [1.82, 2.24) is 0 Å². The molecule has 2 aromatic rings. The number of aryl methyl sites for hydroxylation is 1. The Bertz CT molecular complexity index is 874. The van der Waals surface area contributed by atoms with Gasteiger partial charge in [0.05, 0.1) is 6.61 Å². The van der Waals surface area contributed by atoms with Gasteiger partial charge in [0.1, 0.15) is 5.75 Å². The van der Waals surface area contributed by atoms with E-state index in [-0.39, 0.29) is 6.47 Å². The van der Waals surface area contributed by atoms with Crippen LogP contribution in [-0.4, -0.2) is 24.6 Å². The number of nitrogens with one attached hydrogen (secondary N) is 1. The van der Waals surface area contributed by atoms with Crippen LogP contribution < -0.4 is 10.1 Å². The smallest absolute Gasteiger partial charge is 0.290 e. The van der Waals surface area contributed by atoms with Gasteiger partial charge < -0.3 is 15.2 Å². The Morgan fingerprint density at radius 1 is 0.943 bits per heavy atom. The number of carboxylic acid groups (broad SMARTS) is 1. The zero-order valence-corrected chi connectivity index (χ0v) is 21.6. The van der Waals surface area contributed by atoms with E-state index in [0.29, 0.717) is 6.61 Å². The van der Waals surface area contributed by atoms with Gasteiger partial charge in [-0.05, 0) is 73.1 Å². The Kier molecular flexibility index (Phi) is 13.6. The van der Waals surface area contributed by atoms with Crippen LogP contribution in [0.4, 0.5) is 5.69 Å². The second-order valence-corrected chi connectivity index (χ2v) is 9.41. The van der Waals surface area contributed by atoms with Crippen molar-refractivity contribution in [3.63, 3.8) is 0 Å². The van der Waals surface area contributed by atoms with E-state index in [1.54, 1.807) is 0 Å². The fourth-order valence-electron chi connectivity index (χ4n) is 5.16. The van der Waals surface area contributed by atoms with E-state index in [9.17, 15) is 4.79 Å². The number of rotatable bonds is 8. The van der Waals surface area contributed by atoms with E-state index in [4.69, 9.17) is 14.6 Å². The molecule has 2 saturated carbocycles. The summed E-state index contributed by atoms with van der Waals surface area (Å²) in [7, 11) is 0. The molecule has 192 valence electrons. The second kappa shape index (κ2) is 16.7. The largest absolute Gasteiger partial charge is 0.494 e. The maximum Gasteiger partial charge on any atom is 0.290 e. The van der Waals surface area contributed by atoms with E-state index < -0.39 is 0 Å². The van der Waals surface area contributed by atoms with Crippen molar-refractivity contribution in [1.29, 1.82) is 0 Å². The van der Waals surface area contributed by atoms with Gasteiger partial charge >= 0.3 is 0 Å². The monoisotopic (exact) mass is 481 g/mol. The molecule has 5 nitrogen and oxygen atoms in total. The lowest BCUT2D eigenvalue weighted by atomic mass is 9.90. The van der Waals surface area contributed by atoms with Crippen LogP contribution >= 0.6 is 0 Å². The Labute approximate surface area is 211 Å². The average molecular weight is 482 g/mol. The highest BCUT2D eigenvalue weighted by Gasteiger charge is 2.17. The highest BCUT2D eigenvalue weighted by molar-refractivity contribution is 5.78. The van der Waals surface area contributed by atoms with Gasteiger partial charge in [0.25, 0.3) is 6.47 Å². The molecule has 2 N–H and O–H groups in total. The number of carbonyl (C=O) groups is 2. The summed E-state index contributed by atoms with van der Waals surface area (Å²) < 4.78 is 5.78. The Hall–Kier alpha value is -2.82. The van der Waals surface area contributed by atoms with Gasteiger partial charge in [-0.15, -0.1) is 0 Å². The lowest BCUT2D eigenvalue weighted by Crippen LogP contribution is -2.02. The minimum absolute atomic E-state index is 0.250. The summed E-state index contributed by atoms with van der Waals surface area (Å²) in [6.07, 6.45) is 17.5. The molecule has 0 spiro atoms. The molecule has 0 atom stereocenters. The van der Waals surface area contributed by atoms with E-state index >= 15 is 0 Å². The van der Waals surface area contributed by atoms with Gasteiger partial charge in [0.2, 0.25) is 6.41 Å². The lowest BCUT2D eigenvalue weighted by Gasteiger charge is -2.17. The third-order valence-corrected chi connectivity index (χ3v) is 7.00. The first-order valence-electron chi connectivity index (χ1n) is 13.3. The molecule has 2 aliphatic rings. The minimum atomic E-state index is -0.250. The molecule has 35 heavy (non-hydrogen) atoms. The fourth-order valence-corrected chi connectivity index (χ4v) is 5.16. The van der Waals surface area contributed by atoms with Gasteiger partial charge in [-0.3, -0.25) is 9.59 Å². The van der Waals surface area contributed by atoms with Gasteiger partial charge in [0, 0.05) is 5.69 Å². The molecular formula is C30H43NO4. The highest BCUT2D eigenvalue weighted by Crippen LogP contribution is 2.36. The van der Waals surface area contributed by atoms with Crippen LogP contribution in [0.1, 0.15) is 88.7 Å². The Morgan fingerprint density at radius 2 is 1.57 bits per heavy atom. The van der Waals surface area contributed by atoms with Crippen LogP contribution in [0.5, 0.6) is 5.75 Å². The molecule has 0 heterocycles. The maximum absolute atomic E-state index is 10.9. The number of carbonyl (C=O) groups excluding carboxylic acids is 1. The van der Waals surface area contributed by atoms with Crippen LogP contribution in [0.3, 0.4) is 0 Å². The zero-order chi connectivity index (χ0) is 25.3. The van der Waals surface area contributed by atoms with E-state index in [0.717, 1.165) is 30.2 Å². The maximum atomic E-state index is 10.9. The number of anilines is 1. The number of hydrogen-bond donors (Lipinski definition) is 2. The Morgan fingerprint density at radius 3 is 2.14 bits per heavy atom. The predicted octanol–water partition coefficient (Wildman–Crippen LogP) is 7.79. The summed E-state index contributed by atoms with van der Waals surface area (Å²) >= 11 is 0. The molecule has 0 aromatic heterocycles. The minimum Gasteiger partial charge on any atom is -0.494 e. The predicted molar refractivity (Wildman–Crippen MR) is 144 cm³/mol. The van der Waals surface area contributed by atoms with E-state index in [1.165, 1.54) is 92.9 Å². The van der Waals surface area contributed by atoms with Crippen LogP contribution in [0.15, 0.2) is 36.4 Å². The number of benzene rings is 2. The van der Waals surface area contributed by atoms with Crippen LogP contribution in [0.2, 0.25) is 0 Å². The summed E-state index contributed by atoms with van der Waals surface area (Å²) in [4.78, 5) is 19.2. The summed E-state index contributed by atoms with van der Waals surface area (Å²) in [5.74, 6) is 1.79. The van der Waals surface area contributed by atoms with E-state index in [1.807, 2.05) is 19.1 Å². The molecule has 5 heteroatoms. The highest BCUT2D eigenvalue weighted by atomic mass is 16.5. The topological polar surface area (TPSA) is 75.6 Å². The van der Waals surface area contributed by atoms with Gasteiger partial charge in [-0.25, -0.2) is 0 Å². The van der Waals surface area contributed by atoms with Crippen molar-refractivity contribution < 1.29 is 19.4 Å². The average Bonchev–Trinajstić information content (AvgIpc) is 3.41. The molecule has 2 aromatic carbocycles. The van der Waals surface area contributed by atoms with Crippen molar-refractivity contribution in [3.05, 3.63) is 47.5 Å². The fraction of sp³-hybridized carbons (Fsp3) is 0.533. The zero-order valence-electron chi connectivity index (χ0n) is 21.6. The van der Waals surface area contributed by atoms with Crippen molar-refractivity contribution in [3.8, 4) is 16.9 Å². The molecule has 2 fully saturated rings. The van der Waals surface area contributed by atoms with Crippen LogP contribution in [-0.2, 0) is 16.0 Å². The summed E-state index contributed by atoms with van der Waals surface area (Å²) in [6, 6.07) is 12.5. The second-order valence-electron chi connectivity index (χ2n) is 9.41. The molecule has 0 saturated heterocycles. The van der Waals surface area contributed by atoms with E-state index in [2.05, 4.69) is 36.5 Å². The molecular weight excluding hydrogens is 438 g/mol. The third-order valence-electron chi connectivity index (χ3n) is 7.00. The summed E-state index contributed by atoms with van der Waals surface area (Å²) in [5, 5.41) is 9.68. The van der Waals surface area contributed by atoms with Crippen molar-refractivity contribution in [2.75, 3.05) is 11.9 Å². The molecule has 0 radical (unpaired) electrons. The number of ether oxygens (including phenoxy) is 1. The molecule has 0 aliphatic heterocycles. The number of amides is 1. The Balaban J connectivity index is 0.000000406. The van der Waals surface area contributed by atoms with Crippen LogP contribution in [0, 0.1) is 12.8 Å². The molecule has 1 amide bonds. The van der Waals surface area contributed by atoms with Crippen LogP contribution in [0.25, 0.3) is 11.1 Å². The van der Waals surface area contributed by atoms with Gasteiger partial charge in [0.15, 0.2) is 0 Å². The quantitative estimate of drug-likeness (QED) is 0.377. The van der Waals surface area contributed by atoms with Gasteiger partial charge in [-0.1, -0.05) is 82.4 Å². The first-order valence-corrected chi connectivity index (χ1v) is 13.3. The SMILES string of the molecule is C1CCCCC1.CCOc1cccc(-c2ccc(NC=O)cc2CCC2CCCC2)c1C.O=CO. The first-order chi connectivity index (χ1) is 17.1. The normalized spacial score (nSPS) is 15.1. The summed E-state index contributed by atoms with van der Waals surface area (Å²) in [6.45, 7) is 4.55. The molecule has 0 unspecified atom stereocenters. The van der Waals surface area contributed by atoms with Crippen molar-refractivity contribution in [2.24, 2.45) is 5.92 Å². The summed E-state index contributed by atoms with van der Waals surface area (Å²) in [5.41, 5.74) is 5.81. The van der Waals surface area contributed by atoms with Crippen molar-refractivity contribution in [2.45, 2.75) is 90.9 Å². The van der Waals surface area contributed by atoms with Gasteiger partial charge in [-0.2, -0.15) is 0 Å². The lowest BCUT2D eigenvalue weighted by molar-refractivity contribution is -0.122. The standard InChI is InChI=1S/C23H29NO2.C6H12.CH2O2/c1-3-26-23-10-6-9-21(17(23)2)22-14-13-20(24-16-25)15-19(22)12-11-18-7-4-5-8-18;1-2-4-6-5-3-1;2-1-3/h6,9-10,13-16,18H,3-5,7-8,11-12H2,1-2H3,(H,24,25);1-6H2;1H,(H,2,3). The first kappa shape index (κ1) is 28.4. The molecule has 0 bridgehead atoms. The molecule has 4 rings (SSSR count). The third kappa shape index (κ3) is 9.75. The number of hydrogen-bond acceptors (Lipinski definition) is 3. The molecule has 2 aliphatic carbocycles. The van der Waals surface area contributed by atoms with Crippen molar-refractivity contribution >= 4 is 18.6 Å².